The molecule has 0 bridgehead atoms. The molecule has 1 heterocycles. The SMILES string of the molecule is CC1=CC(=O)N(C2CCCC2)C1=O. The maximum atomic E-state index is 11.5. The molecule has 1 fully saturated rings. The van der Waals surface area contributed by atoms with Crippen molar-refractivity contribution in [3.63, 3.8) is 0 Å². The van der Waals surface area contributed by atoms with Gasteiger partial charge in [-0.05, 0) is 19.8 Å². The van der Waals surface area contributed by atoms with Gasteiger partial charge in [-0.1, -0.05) is 12.8 Å². The highest BCUT2D eigenvalue weighted by molar-refractivity contribution is 6.16. The van der Waals surface area contributed by atoms with E-state index in [0.717, 1.165) is 25.7 Å². The van der Waals surface area contributed by atoms with Crippen molar-refractivity contribution in [3.8, 4) is 0 Å². The fourth-order valence-electron chi connectivity index (χ4n) is 2.11. The number of nitrogens with zero attached hydrogens (tertiary/aromatic N) is 1. The summed E-state index contributed by atoms with van der Waals surface area (Å²) in [6, 6.07) is 0.175. The van der Waals surface area contributed by atoms with Crippen molar-refractivity contribution in [1.82, 2.24) is 4.90 Å². The first-order valence-electron chi connectivity index (χ1n) is 4.76. The molecule has 0 N–H and O–H groups in total. The third-order valence-corrected chi connectivity index (χ3v) is 2.82. The number of hydrogen-bond acceptors (Lipinski definition) is 2. The highest BCUT2D eigenvalue weighted by atomic mass is 16.2. The normalized spacial score (nSPS) is 24.4. The summed E-state index contributed by atoms with van der Waals surface area (Å²) in [5.41, 5.74) is 0.580. The van der Waals surface area contributed by atoms with E-state index in [9.17, 15) is 9.59 Å². The van der Waals surface area contributed by atoms with E-state index in [1.807, 2.05) is 0 Å². The molecule has 70 valence electrons. The zero-order valence-electron chi connectivity index (χ0n) is 7.75. The van der Waals surface area contributed by atoms with Gasteiger partial charge >= 0.3 is 0 Å². The van der Waals surface area contributed by atoms with Gasteiger partial charge in [-0.25, -0.2) is 0 Å². The second-order valence-corrected chi connectivity index (χ2v) is 3.78. The van der Waals surface area contributed by atoms with Crippen LogP contribution in [-0.4, -0.2) is 22.8 Å². The number of rotatable bonds is 1. The van der Waals surface area contributed by atoms with Crippen LogP contribution in [0.5, 0.6) is 0 Å². The molecule has 1 aliphatic heterocycles. The molecule has 2 aliphatic rings. The van der Waals surface area contributed by atoms with Gasteiger partial charge < -0.3 is 0 Å². The largest absolute Gasteiger partial charge is 0.272 e. The third kappa shape index (κ3) is 1.28. The lowest BCUT2D eigenvalue weighted by atomic mass is 10.2. The lowest BCUT2D eigenvalue weighted by Gasteiger charge is -2.21. The van der Waals surface area contributed by atoms with Gasteiger partial charge in [-0.2, -0.15) is 0 Å². The van der Waals surface area contributed by atoms with E-state index in [1.165, 1.54) is 11.0 Å². The van der Waals surface area contributed by atoms with Crippen molar-refractivity contribution >= 4 is 11.8 Å². The van der Waals surface area contributed by atoms with Crippen LogP contribution < -0.4 is 0 Å². The summed E-state index contributed by atoms with van der Waals surface area (Å²) in [5.74, 6) is -0.202. The first kappa shape index (κ1) is 8.48. The molecule has 2 rings (SSSR count). The van der Waals surface area contributed by atoms with Crippen LogP contribution in [0, 0.1) is 0 Å². The van der Waals surface area contributed by atoms with Gasteiger partial charge in [0.1, 0.15) is 0 Å². The van der Waals surface area contributed by atoms with Crippen molar-refractivity contribution < 1.29 is 9.59 Å². The predicted octanol–water partition coefficient (Wildman–Crippen LogP) is 1.24. The van der Waals surface area contributed by atoms with Gasteiger partial charge in [0.15, 0.2) is 0 Å². The lowest BCUT2D eigenvalue weighted by Crippen LogP contribution is -2.38. The molecule has 0 aromatic heterocycles. The zero-order chi connectivity index (χ0) is 9.42. The Hall–Kier alpha value is -1.12. The minimum Gasteiger partial charge on any atom is -0.272 e. The number of carbonyl (C=O) groups excluding carboxylic acids is 2. The van der Waals surface area contributed by atoms with Gasteiger partial charge in [0.2, 0.25) is 0 Å². The van der Waals surface area contributed by atoms with E-state index < -0.39 is 0 Å². The Kier molecular flexibility index (Phi) is 1.94. The van der Waals surface area contributed by atoms with Crippen LogP contribution in [0.1, 0.15) is 32.6 Å². The Morgan fingerprint density at radius 2 is 1.92 bits per heavy atom. The van der Waals surface area contributed by atoms with Gasteiger partial charge in [-0.15, -0.1) is 0 Å². The van der Waals surface area contributed by atoms with Crippen LogP contribution in [0.25, 0.3) is 0 Å². The quantitative estimate of drug-likeness (QED) is 0.568. The summed E-state index contributed by atoms with van der Waals surface area (Å²) in [6.45, 7) is 1.70. The second kappa shape index (κ2) is 2.98. The molecule has 1 aliphatic carbocycles. The number of hydrogen-bond donors (Lipinski definition) is 0. The lowest BCUT2D eigenvalue weighted by molar-refractivity contribution is -0.139. The zero-order valence-corrected chi connectivity index (χ0v) is 7.75. The molecular formula is C10H13NO2. The molecule has 0 atom stereocenters. The number of carbonyl (C=O) groups is 2. The monoisotopic (exact) mass is 179 g/mol. The van der Waals surface area contributed by atoms with E-state index in [0.29, 0.717) is 5.57 Å². The minimum atomic E-state index is -0.116. The van der Waals surface area contributed by atoms with E-state index >= 15 is 0 Å². The van der Waals surface area contributed by atoms with Crippen molar-refractivity contribution in [2.45, 2.75) is 38.6 Å². The Labute approximate surface area is 77.4 Å². The summed E-state index contributed by atoms with van der Waals surface area (Å²) in [6.07, 6.45) is 5.69. The molecule has 0 spiro atoms. The molecule has 1 saturated carbocycles. The number of amides is 2. The molecule has 3 nitrogen and oxygen atoms in total. The second-order valence-electron chi connectivity index (χ2n) is 3.78. The Morgan fingerprint density at radius 3 is 2.38 bits per heavy atom. The van der Waals surface area contributed by atoms with E-state index in [2.05, 4.69) is 0 Å². The summed E-state index contributed by atoms with van der Waals surface area (Å²) >= 11 is 0. The van der Waals surface area contributed by atoms with E-state index in [-0.39, 0.29) is 17.9 Å². The van der Waals surface area contributed by atoms with Crippen LogP contribution in [0.4, 0.5) is 0 Å². The van der Waals surface area contributed by atoms with E-state index in [1.54, 1.807) is 6.92 Å². The maximum Gasteiger partial charge on any atom is 0.256 e. The topological polar surface area (TPSA) is 37.4 Å². The summed E-state index contributed by atoms with van der Waals surface area (Å²) in [7, 11) is 0. The first-order chi connectivity index (χ1) is 6.20. The average Bonchev–Trinajstić information content (AvgIpc) is 2.63. The Balaban J connectivity index is 2.17. The van der Waals surface area contributed by atoms with Gasteiger partial charge in [0.25, 0.3) is 11.8 Å². The Morgan fingerprint density at radius 1 is 1.31 bits per heavy atom. The predicted molar refractivity (Wildman–Crippen MR) is 47.9 cm³/mol. The highest BCUT2D eigenvalue weighted by Gasteiger charge is 2.35. The molecule has 3 heteroatoms. The fourth-order valence-corrected chi connectivity index (χ4v) is 2.11. The molecule has 0 radical (unpaired) electrons. The first-order valence-corrected chi connectivity index (χ1v) is 4.76. The Bertz CT molecular complexity index is 287. The molecule has 2 amide bonds. The maximum absolute atomic E-state index is 11.5. The van der Waals surface area contributed by atoms with Crippen molar-refractivity contribution in [2.24, 2.45) is 0 Å². The highest BCUT2D eigenvalue weighted by Crippen LogP contribution is 2.27. The summed E-state index contributed by atoms with van der Waals surface area (Å²) in [5, 5.41) is 0. The van der Waals surface area contributed by atoms with Gasteiger partial charge in [-0.3, -0.25) is 14.5 Å². The van der Waals surface area contributed by atoms with Gasteiger partial charge in [0, 0.05) is 17.7 Å². The van der Waals surface area contributed by atoms with Gasteiger partial charge in [0.05, 0.1) is 0 Å². The molecule has 13 heavy (non-hydrogen) atoms. The van der Waals surface area contributed by atoms with Crippen LogP contribution in [-0.2, 0) is 9.59 Å². The summed E-state index contributed by atoms with van der Waals surface area (Å²) < 4.78 is 0. The van der Waals surface area contributed by atoms with Crippen molar-refractivity contribution in [3.05, 3.63) is 11.6 Å². The molecular weight excluding hydrogens is 166 g/mol. The van der Waals surface area contributed by atoms with Crippen molar-refractivity contribution in [1.29, 1.82) is 0 Å². The number of imide groups is 1. The fraction of sp³-hybridized carbons (Fsp3) is 0.600. The average molecular weight is 179 g/mol. The molecule has 0 unspecified atom stereocenters. The van der Waals surface area contributed by atoms with Crippen LogP contribution in [0.3, 0.4) is 0 Å². The van der Waals surface area contributed by atoms with E-state index in [4.69, 9.17) is 0 Å². The standard InChI is InChI=1S/C10H13NO2/c1-7-6-9(12)11(10(7)13)8-4-2-3-5-8/h6,8H,2-5H2,1H3. The molecule has 0 aromatic carbocycles. The molecule has 0 aromatic rings. The van der Waals surface area contributed by atoms with Crippen LogP contribution in [0.15, 0.2) is 11.6 Å². The third-order valence-electron chi connectivity index (χ3n) is 2.82. The van der Waals surface area contributed by atoms with Crippen LogP contribution in [0.2, 0.25) is 0 Å². The van der Waals surface area contributed by atoms with Crippen molar-refractivity contribution in [2.75, 3.05) is 0 Å². The molecule has 0 saturated heterocycles. The smallest absolute Gasteiger partial charge is 0.256 e. The minimum absolute atomic E-state index is 0.0862. The van der Waals surface area contributed by atoms with Crippen LogP contribution >= 0.6 is 0 Å². The summed E-state index contributed by atoms with van der Waals surface area (Å²) in [4.78, 5) is 24.4.